The molecular formula is C12H15NO. The fourth-order valence-electron chi connectivity index (χ4n) is 1.27. The van der Waals surface area contributed by atoms with Gasteiger partial charge in [-0.25, -0.2) is 0 Å². The van der Waals surface area contributed by atoms with E-state index in [1.165, 1.54) is 0 Å². The Hall–Kier alpha value is -1.30. The topological polar surface area (TPSA) is 32.3 Å². The van der Waals surface area contributed by atoms with Crippen LogP contribution in [-0.4, -0.2) is 17.7 Å². The van der Waals surface area contributed by atoms with Crippen LogP contribution in [0.3, 0.4) is 0 Å². The van der Waals surface area contributed by atoms with Gasteiger partial charge in [0, 0.05) is 6.04 Å². The van der Waals surface area contributed by atoms with Crippen molar-refractivity contribution in [2.24, 2.45) is 0 Å². The van der Waals surface area contributed by atoms with Gasteiger partial charge in [-0.05, 0) is 12.5 Å². The quantitative estimate of drug-likeness (QED) is 0.700. The number of aliphatic hydroxyl groups is 1. The number of nitrogens with one attached hydrogen (secondary N) is 1. The van der Waals surface area contributed by atoms with Gasteiger partial charge in [0.2, 0.25) is 0 Å². The summed E-state index contributed by atoms with van der Waals surface area (Å²) in [6.07, 6.45) is 4.61. The lowest BCUT2D eigenvalue weighted by atomic mass is 10.0. The number of rotatable bonds is 4. The molecule has 0 amide bonds. The lowest BCUT2D eigenvalue weighted by Gasteiger charge is -2.19. The molecule has 0 saturated carbocycles. The van der Waals surface area contributed by atoms with Crippen molar-refractivity contribution in [2.45, 2.75) is 19.1 Å². The van der Waals surface area contributed by atoms with Crippen molar-refractivity contribution < 1.29 is 5.11 Å². The fraction of sp³-hybridized carbons (Fsp3) is 0.333. The van der Waals surface area contributed by atoms with Gasteiger partial charge >= 0.3 is 0 Å². The molecule has 2 N–H and O–H groups in total. The highest BCUT2D eigenvalue weighted by molar-refractivity contribution is 5.18. The predicted molar refractivity (Wildman–Crippen MR) is 57.7 cm³/mol. The third-order valence-electron chi connectivity index (χ3n) is 2.14. The van der Waals surface area contributed by atoms with Gasteiger partial charge in [0.05, 0.1) is 12.6 Å². The molecule has 0 aliphatic carbocycles. The molecule has 0 aliphatic rings. The normalized spacial score (nSPS) is 14.4. The molecule has 1 rings (SSSR count). The first-order valence-corrected chi connectivity index (χ1v) is 4.65. The molecule has 1 aromatic rings. The second-order valence-electron chi connectivity index (χ2n) is 3.23. The van der Waals surface area contributed by atoms with Gasteiger partial charge in [-0.3, -0.25) is 0 Å². The first-order chi connectivity index (χ1) is 6.75. The summed E-state index contributed by atoms with van der Waals surface area (Å²) in [6, 6.07) is 9.51. The van der Waals surface area contributed by atoms with E-state index in [9.17, 15) is 5.11 Å². The minimum Gasteiger partial charge on any atom is -0.387 e. The summed E-state index contributed by atoms with van der Waals surface area (Å²) in [5, 5.41) is 12.9. The number of hydrogen-bond donors (Lipinski definition) is 2. The zero-order valence-corrected chi connectivity index (χ0v) is 8.27. The van der Waals surface area contributed by atoms with E-state index in [1.54, 1.807) is 0 Å². The molecule has 0 aliphatic heterocycles. The van der Waals surface area contributed by atoms with E-state index in [4.69, 9.17) is 6.42 Å². The fourth-order valence-corrected chi connectivity index (χ4v) is 1.27. The summed E-state index contributed by atoms with van der Waals surface area (Å²) < 4.78 is 0. The Kier molecular flexibility index (Phi) is 4.18. The number of hydrogen-bond acceptors (Lipinski definition) is 2. The predicted octanol–water partition coefficient (Wildman–Crippen LogP) is 1.33. The maximum Gasteiger partial charge on any atom is 0.0940 e. The summed E-state index contributed by atoms with van der Waals surface area (Å²) in [6.45, 7) is 2.39. The lowest BCUT2D eigenvalue weighted by Crippen LogP contribution is -2.32. The van der Waals surface area contributed by atoms with E-state index in [1.807, 2.05) is 37.3 Å². The Labute approximate surface area is 85.0 Å². The Bertz CT molecular complexity index is 302. The van der Waals surface area contributed by atoms with Crippen LogP contribution in [0, 0.1) is 12.3 Å². The van der Waals surface area contributed by atoms with E-state index < -0.39 is 6.10 Å². The van der Waals surface area contributed by atoms with Crippen LogP contribution in [0.2, 0.25) is 0 Å². The zero-order chi connectivity index (χ0) is 10.4. The van der Waals surface area contributed by atoms with Crippen molar-refractivity contribution in [1.29, 1.82) is 0 Å². The first kappa shape index (κ1) is 10.8. The smallest absolute Gasteiger partial charge is 0.0940 e. The molecule has 0 bridgehead atoms. The van der Waals surface area contributed by atoms with Crippen LogP contribution >= 0.6 is 0 Å². The molecule has 2 heteroatoms. The van der Waals surface area contributed by atoms with Crippen molar-refractivity contribution in [3.05, 3.63) is 35.9 Å². The van der Waals surface area contributed by atoms with Gasteiger partial charge in [0.1, 0.15) is 0 Å². The van der Waals surface area contributed by atoms with Crippen LogP contribution in [0.5, 0.6) is 0 Å². The zero-order valence-electron chi connectivity index (χ0n) is 8.27. The highest BCUT2D eigenvalue weighted by atomic mass is 16.3. The van der Waals surface area contributed by atoms with Crippen LogP contribution in [0.4, 0.5) is 0 Å². The van der Waals surface area contributed by atoms with Gasteiger partial charge in [-0.15, -0.1) is 6.42 Å². The molecule has 2 atom stereocenters. The van der Waals surface area contributed by atoms with Gasteiger partial charge in [-0.2, -0.15) is 0 Å². The molecule has 0 radical (unpaired) electrons. The van der Waals surface area contributed by atoms with E-state index in [0.29, 0.717) is 6.54 Å². The van der Waals surface area contributed by atoms with E-state index in [-0.39, 0.29) is 6.04 Å². The third kappa shape index (κ3) is 2.88. The largest absolute Gasteiger partial charge is 0.387 e. The van der Waals surface area contributed by atoms with E-state index >= 15 is 0 Å². The van der Waals surface area contributed by atoms with Crippen molar-refractivity contribution in [2.75, 3.05) is 6.54 Å². The summed E-state index contributed by atoms with van der Waals surface area (Å²) in [7, 11) is 0. The second kappa shape index (κ2) is 5.43. The molecule has 14 heavy (non-hydrogen) atoms. The first-order valence-electron chi connectivity index (χ1n) is 4.65. The molecule has 0 saturated heterocycles. The molecule has 2 nitrogen and oxygen atoms in total. The van der Waals surface area contributed by atoms with Crippen LogP contribution in [0.15, 0.2) is 30.3 Å². The summed E-state index contributed by atoms with van der Waals surface area (Å²) >= 11 is 0. The van der Waals surface area contributed by atoms with Crippen LogP contribution < -0.4 is 5.32 Å². The Morgan fingerprint density at radius 3 is 2.64 bits per heavy atom. The molecular weight excluding hydrogens is 174 g/mol. The molecule has 0 spiro atoms. The molecule has 1 aromatic carbocycles. The van der Waals surface area contributed by atoms with Gasteiger partial charge in [0.15, 0.2) is 0 Å². The van der Waals surface area contributed by atoms with Crippen LogP contribution in [0.25, 0.3) is 0 Å². The monoisotopic (exact) mass is 189 g/mol. The number of aliphatic hydroxyl groups excluding tert-OH is 1. The Morgan fingerprint density at radius 1 is 1.43 bits per heavy atom. The number of terminal acetylenes is 1. The van der Waals surface area contributed by atoms with E-state index in [2.05, 4.69) is 11.2 Å². The second-order valence-corrected chi connectivity index (χ2v) is 3.23. The number of benzene rings is 1. The SMILES string of the molecule is C#CCN[C@@H](C)[C@@H](O)c1ccccc1. The van der Waals surface area contributed by atoms with Crippen molar-refractivity contribution >= 4 is 0 Å². The van der Waals surface area contributed by atoms with Gasteiger partial charge in [-0.1, -0.05) is 36.3 Å². The average Bonchev–Trinajstić information content (AvgIpc) is 2.26. The van der Waals surface area contributed by atoms with Crippen LogP contribution in [-0.2, 0) is 0 Å². The Morgan fingerprint density at radius 2 is 2.07 bits per heavy atom. The maximum absolute atomic E-state index is 9.88. The van der Waals surface area contributed by atoms with E-state index in [0.717, 1.165) is 5.56 Å². The third-order valence-corrected chi connectivity index (χ3v) is 2.14. The van der Waals surface area contributed by atoms with Crippen molar-refractivity contribution in [1.82, 2.24) is 5.32 Å². The molecule has 0 fully saturated rings. The van der Waals surface area contributed by atoms with Gasteiger partial charge < -0.3 is 10.4 Å². The van der Waals surface area contributed by atoms with Crippen LogP contribution in [0.1, 0.15) is 18.6 Å². The molecule has 74 valence electrons. The average molecular weight is 189 g/mol. The molecule has 0 aromatic heterocycles. The van der Waals surface area contributed by atoms with Gasteiger partial charge in [0.25, 0.3) is 0 Å². The minimum atomic E-state index is -0.510. The minimum absolute atomic E-state index is 0.0338. The highest BCUT2D eigenvalue weighted by Crippen LogP contribution is 2.15. The summed E-state index contributed by atoms with van der Waals surface area (Å²) in [5.74, 6) is 2.48. The molecule has 0 unspecified atom stereocenters. The molecule has 0 heterocycles. The summed E-state index contributed by atoms with van der Waals surface area (Å²) in [5.41, 5.74) is 0.907. The summed E-state index contributed by atoms with van der Waals surface area (Å²) in [4.78, 5) is 0. The Balaban J connectivity index is 2.57. The standard InChI is InChI=1S/C12H15NO/c1-3-9-13-10(2)12(14)11-7-5-4-6-8-11/h1,4-8,10,12-14H,9H2,2H3/t10-,12+/m0/s1. The lowest BCUT2D eigenvalue weighted by molar-refractivity contribution is 0.138. The maximum atomic E-state index is 9.88. The highest BCUT2D eigenvalue weighted by Gasteiger charge is 2.14. The van der Waals surface area contributed by atoms with Crippen molar-refractivity contribution in [3.8, 4) is 12.3 Å². The van der Waals surface area contributed by atoms with Crippen molar-refractivity contribution in [3.63, 3.8) is 0 Å².